The SMILES string of the molecule is COCC1(COC)Oc2ccccc2[C@@H](Nc2ccc(C#N)[n+]([O-])c2)[C@@H]1O. The Morgan fingerprint density at radius 2 is 1.96 bits per heavy atom. The van der Waals surface area contributed by atoms with E-state index < -0.39 is 17.7 Å². The molecule has 0 bridgehead atoms. The summed E-state index contributed by atoms with van der Waals surface area (Å²) < 4.78 is 17.1. The highest BCUT2D eigenvalue weighted by Crippen LogP contribution is 2.41. The van der Waals surface area contributed by atoms with E-state index in [0.717, 1.165) is 5.56 Å². The van der Waals surface area contributed by atoms with Gasteiger partial charge in [0.05, 0.1) is 19.3 Å². The van der Waals surface area contributed by atoms with E-state index in [0.29, 0.717) is 16.2 Å². The fraction of sp³-hybridized carbons (Fsp3) is 0.368. The summed E-state index contributed by atoms with van der Waals surface area (Å²) in [5, 5.41) is 35.1. The van der Waals surface area contributed by atoms with Gasteiger partial charge in [-0.15, -0.1) is 0 Å². The van der Waals surface area contributed by atoms with Crippen molar-refractivity contribution in [1.82, 2.24) is 0 Å². The quantitative estimate of drug-likeness (QED) is 0.578. The molecule has 1 aliphatic rings. The van der Waals surface area contributed by atoms with E-state index in [4.69, 9.17) is 19.5 Å². The van der Waals surface area contributed by atoms with Gasteiger partial charge in [-0.2, -0.15) is 9.99 Å². The largest absolute Gasteiger partial charge is 0.618 e. The van der Waals surface area contributed by atoms with E-state index in [1.165, 1.54) is 26.5 Å². The Bertz CT molecular complexity index is 845. The zero-order valence-electron chi connectivity index (χ0n) is 15.1. The van der Waals surface area contributed by atoms with Crippen LogP contribution in [0.2, 0.25) is 0 Å². The van der Waals surface area contributed by atoms with Crippen LogP contribution >= 0.6 is 0 Å². The molecular weight excluding hydrogens is 350 g/mol. The Kier molecular flexibility index (Phi) is 5.46. The summed E-state index contributed by atoms with van der Waals surface area (Å²) in [5.74, 6) is 0.595. The van der Waals surface area contributed by atoms with Crippen molar-refractivity contribution < 1.29 is 24.0 Å². The third kappa shape index (κ3) is 3.53. The number of nitrogens with zero attached hydrogens (tertiary/aromatic N) is 2. The second-order valence-electron chi connectivity index (χ2n) is 6.38. The smallest absolute Gasteiger partial charge is 0.294 e. The molecule has 1 aromatic carbocycles. The zero-order valence-corrected chi connectivity index (χ0v) is 15.1. The molecule has 8 nitrogen and oxygen atoms in total. The highest BCUT2D eigenvalue weighted by molar-refractivity contribution is 5.49. The fourth-order valence-corrected chi connectivity index (χ4v) is 3.33. The molecule has 0 aliphatic carbocycles. The maximum absolute atomic E-state index is 11.9. The zero-order chi connectivity index (χ0) is 19.4. The molecule has 0 spiro atoms. The minimum atomic E-state index is -1.12. The first-order chi connectivity index (χ1) is 13.0. The molecule has 1 aromatic heterocycles. The summed E-state index contributed by atoms with van der Waals surface area (Å²) in [6.45, 7) is 0.229. The van der Waals surface area contributed by atoms with Crippen LogP contribution < -0.4 is 14.8 Å². The average Bonchev–Trinajstić information content (AvgIpc) is 2.66. The molecule has 0 radical (unpaired) electrons. The summed E-state index contributed by atoms with van der Waals surface area (Å²) in [7, 11) is 3.05. The molecule has 8 heteroatoms. The molecule has 0 fully saturated rings. The van der Waals surface area contributed by atoms with Gasteiger partial charge in [0, 0.05) is 25.8 Å². The number of aliphatic hydroxyl groups excluding tert-OH is 1. The summed E-state index contributed by atoms with van der Waals surface area (Å²) in [5.41, 5.74) is 0.0833. The number of aromatic nitrogens is 1. The lowest BCUT2D eigenvalue weighted by Crippen LogP contribution is -2.60. The van der Waals surface area contributed by atoms with Gasteiger partial charge in [-0.25, -0.2) is 0 Å². The van der Waals surface area contributed by atoms with Crippen molar-refractivity contribution in [2.75, 3.05) is 32.8 Å². The van der Waals surface area contributed by atoms with Crippen LogP contribution in [0.15, 0.2) is 42.6 Å². The number of methoxy groups -OCH3 is 2. The van der Waals surface area contributed by atoms with Crippen molar-refractivity contribution in [3.8, 4) is 11.8 Å². The number of hydrogen-bond donors (Lipinski definition) is 2. The average molecular weight is 371 g/mol. The molecule has 2 N–H and O–H groups in total. The standard InChI is InChI=1S/C19H21N3O5/c1-25-11-19(12-26-2)18(23)17(15-5-3-4-6-16(15)27-19)21-13-7-8-14(9-20)22(24)10-13/h3-8,10,17-18,21,23H,11-12H2,1-2H3/t17-,18+/m1/s1. The highest BCUT2D eigenvalue weighted by atomic mass is 16.6. The second kappa shape index (κ2) is 7.80. The summed E-state index contributed by atoms with van der Waals surface area (Å²) in [6, 6.07) is 11.6. The third-order valence-electron chi connectivity index (χ3n) is 4.55. The van der Waals surface area contributed by atoms with Gasteiger partial charge >= 0.3 is 0 Å². The molecule has 3 rings (SSSR count). The number of aliphatic hydroxyl groups is 1. The minimum Gasteiger partial charge on any atom is -0.618 e. The van der Waals surface area contributed by atoms with Crippen LogP contribution in [0.5, 0.6) is 5.75 Å². The van der Waals surface area contributed by atoms with Crippen molar-refractivity contribution in [2.24, 2.45) is 0 Å². The number of benzene rings is 1. The fourth-order valence-electron chi connectivity index (χ4n) is 3.33. The van der Waals surface area contributed by atoms with Gasteiger partial charge in [0.1, 0.15) is 17.5 Å². The maximum Gasteiger partial charge on any atom is 0.294 e. The van der Waals surface area contributed by atoms with Crippen molar-refractivity contribution in [3.63, 3.8) is 0 Å². The van der Waals surface area contributed by atoms with Gasteiger partial charge in [-0.05, 0) is 12.1 Å². The number of fused-ring (bicyclic) bond motifs is 1. The van der Waals surface area contributed by atoms with Gasteiger partial charge in [-0.3, -0.25) is 0 Å². The molecular formula is C19H21N3O5. The molecule has 0 saturated heterocycles. The molecule has 0 unspecified atom stereocenters. The molecule has 142 valence electrons. The van der Waals surface area contributed by atoms with Gasteiger partial charge in [0.2, 0.25) is 6.20 Å². The van der Waals surface area contributed by atoms with Crippen molar-refractivity contribution in [1.29, 1.82) is 5.26 Å². The predicted octanol–water partition coefficient (Wildman–Crippen LogP) is 1.13. The first-order valence-electron chi connectivity index (χ1n) is 8.38. The van der Waals surface area contributed by atoms with Crippen LogP contribution in [0.3, 0.4) is 0 Å². The molecule has 2 heterocycles. The normalized spacial score (nSPS) is 20.2. The third-order valence-corrected chi connectivity index (χ3v) is 4.55. The lowest BCUT2D eigenvalue weighted by Gasteiger charge is -2.45. The minimum absolute atomic E-state index is 0.0124. The summed E-state index contributed by atoms with van der Waals surface area (Å²) in [6.07, 6.45) is 0.237. The number of nitrogens with one attached hydrogen (secondary N) is 1. The monoisotopic (exact) mass is 371 g/mol. The van der Waals surface area contributed by atoms with Crippen molar-refractivity contribution in [3.05, 3.63) is 59.1 Å². The van der Waals surface area contributed by atoms with Crippen LogP contribution in [-0.4, -0.2) is 44.2 Å². The van der Waals surface area contributed by atoms with E-state index in [9.17, 15) is 10.3 Å². The van der Waals surface area contributed by atoms with Crippen LogP contribution in [0.1, 0.15) is 17.3 Å². The number of hydrogen-bond acceptors (Lipinski definition) is 7. The summed E-state index contributed by atoms with van der Waals surface area (Å²) in [4.78, 5) is 0. The predicted molar refractivity (Wildman–Crippen MR) is 96.0 cm³/mol. The topological polar surface area (TPSA) is 111 Å². The van der Waals surface area contributed by atoms with E-state index in [-0.39, 0.29) is 18.9 Å². The lowest BCUT2D eigenvalue weighted by molar-refractivity contribution is -0.607. The van der Waals surface area contributed by atoms with E-state index in [1.807, 2.05) is 30.3 Å². The number of para-hydroxylation sites is 1. The van der Waals surface area contributed by atoms with E-state index in [2.05, 4.69) is 5.32 Å². The van der Waals surface area contributed by atoms with E-state index in [1.54, 1.807) is 6.07 Å². The first kappa shape index (κ1) is 18.9. The molecule has 27 heavy (non-hydrogen) atoms. The van der Waals surface area contributed by atoms with Crippen LogP contribution in [-0.2, 0) is 9.47 Å². The number of ether oxygens (including phenoxy) is 3. The second-order valence-corrected chi connectivity index (χ2v) is 6.38. The van der Waals surface area contributed by atoms with Crippen LogP contribution in [0.25, 0.3) is 0 Å². The molecule has 2 aromatic rings. The number of anilines is 1. The van der Waals surface area contributed by atoms with Gasteiger partial charge in [0.25, 0.3) is 5.69 Å². The Labute approximate surface area is 157 Å². The number of pyridine rings is 1. The Balaban J connectivity index is 2.01. The lowest BCUT2D eigenvalue weighted by atomic mass is 9.84. The Morgan fingerprint density at radius 3 is 2.59 bits per heavy atom. The summed E-state index contributed by atoms with van der Waals surface area (Å²) >= 11 is 0. The van der Waals surface area contributed by atoms with E-state index >= 15 is 0 Å². The van der Waals surface area contributed by atoms with Crippen LogP contribution in [0.4, 0.5) is 5.69 Å². The molecule has 0 amide bonds. The maximum atomic E-state index is 11.9. The Hall–Kier alpha value is -2.86. The molecule has 1 aliphatic heterocycles. The molecule has 2 atom stereocenters. The molecule has 0 saturated carbocycles. The first-order valence-corrected chi connectivity index (χ1v) is 8.38. The van der Waals surface area contributed by atoms with Crippen molar-refractivity contribution >= 4 is 5.69 Å². The van der Waals surface area contributed by atoms with Gasteiger partial charge in [-0.1, -0.05) is 18.2 Å². The Morgan fingerprint density at radius 1 is 1.26 bits per heavy atom. The number of nitriles is 1. The van der Waals surface area contributed by atoms with Crippen molar-refractivity contribution in [2.45, 2.75) is 17.7 Å². The number of rotatable bonds is 6. The van der Waals surface area contributed by atoms with Crippen LogP contribution in [0, 0.1) is 16.5 Å². The van der Waals surface area contributed by atoms with Gasteiger partial charge in [0.15, 0.2) is 11.7 Å². The highest BCUT2D eigenvalue weighted by Gasteiger charge is 2.50. The van der Waals surface area contributed by atoms with Gasteiger partial charge < -0.3 is 29.8 Å².